The predicted octanol–water partition coefficient (Wildman–Crippen LogP) is 1.51. The number of hydrogen-bond donors (Lipinski definition) is 1. The van der Waals surface area contributed by atoms with Crippen molar-refractivity contribution in [3.8, 4) is 0 Å². The van der Waals surface area contributed by atoms with E-state index in [4.69, 9.17) is 0 Å². The summed E-state index contributed by atoms with van der Waals surface area (Å²) in [6.07, 6.45) is 3.13. The number of rotatable bonds is 5. The highest BCUT2D eigenvalue weighted by Gasteiger charge is 2.15. The van der Waals surface area contributed by atoms with E-state index in [1.165, 1.54) is 0 Å². The molecular formula is C11H16N4O2S. The van der Waals surface area contributed by atoms with Crippen LogP contribution in [0.2, 0.25) is 0 Å². The summed E-state index contributed by atoms with van der Waals surface area (Å²) in [7, 11) is -1.59. The number of fused-ring (bicyclic) bond motifs is 1. The third kappa shape index (κ3) is 2.61. The fourth-order valence-corrected chi connectivity index (χ4v) is 2.87. The summed E-state index contributed by atoms with van der Waals surface area (Å²) in [5, 5.41) is 0. The van der Waals surface area contributed by atoms with Crippen LogP contribution in [-0.4, -0.2) is 28.7 Å². The molecule has 0 unspecified atom stereocenters. The number of aromatic nitrogens is 3. The summed E-state index contributed by atoms with van der Waals surface area (Å²) in [5.74, 6) is 0.417. The van der Waals surface area contributed by atoms with Gasteiger partial charge in [0.25, 0.3) is 0 Å². The lowest BCUT2D eigenvalue weighted by Crippen LogP contribution is -2.18. The second kappa shape index (κ2) is 4.93. The van der Waals surface area contributed by atoms with E-state index in [1.54, 1.807) is 29.9 Å². The van der Waals surface area contributed by atoms with E-state index in [1.807, 2.05) is 6.92 Å². The molecule has 7 heteroatoms. The Bertz CT molecular complexity index is 648. The maximum Gasteiger partial charge on any atom is 0.235 e. The van der Waals surface area contributed by atoms with Gasteiger partial charge in [-0.2, -0.15) is 0 Å². The molecule has 0 aromatic carbocycles. The van der Waals surface area contributed by atoms with Crippen molar-refractivity contribution in [1.29, 1.82) is 0 Å². The third-order valence-corrected chi connectivity index (χ3v) is 3.96. The van der Waals surface area contributed by atoms with Crippen LogP contribution in [0, 0.1) is 0 Å². The van der Waals surface area contributed by atoms with Crippen LogP contribution in [0.5, 0.6) is 0 Å². The highest BCUT2D eigenvalue weighted by atomic mass is 32.2. The molecule has 0 atom stereocenters. The molecule has 0 amide bonds. The fraction of sp³-hybridized carbons (Fsp3) is 0.455. The number of imidazole rings is 1. The zero-order valence-electron chi connectivity index (χ0n) is 10.4. The van der Waals surface area contributed by atoms with Crippen molar-refractivity contribution in [2.75, 3.05) is 10.5 Å². The van der Waals surface area contributed by atoms with Crippen molar-refractivity contribution < 1.29 is 8.42 Å². The van der Waals surface area contributed by atoms with Crippen LogP contribution in [0.3, 0.4) is 0 Å². The quantitative estimate of drug-likeness (QED) is 0.891. The summed E-state index contributed by atoms with van der Waals surface area (Å²) in [5.41, 5.74) is 1.33. The first kappa shape index (κ1) is 12.8. The Balaban J connectivity index is 2.29. The number of aryl methyl sites for hydroxylation is 1. The van der Waals surface area contributed by atoms with Crippen molar-refractivity contribution in [3.05, 3.63) is 18.3 Å². The normalized spacial score (nSPS) is 11.9. The smallest absolute Gasteiger partial charge is 0.235 e. The minimum atomic E-state index is -3.33. The molecular weight excluding hydrogens is 252 g/mol. The van der Waals surface area contributed by atoms with Crippen molar-refractivity contribution in [2.24, 2.45) is 7.05 Å². The third-order valence-electron chi connectivity index (χ3n) is 2.64. The summed E-state index contributed by atoms with van der Waals surface area (Å²) < 4.78 is 27.7. The molecule has 2 rings (SSSR count). The van der Waals surface area contributed by atoms with Crippen molar-refractivity contribution in [1.82, 2.24) is 14.5 Å². The Kier molecular flexibility index (Phi) is 3.51. The van der Waals surface area contributed by atoms with E-state index >= 15 is 0 Å². The van der Waals surface area contributed by atoms with Gasteiger partial charge in [0.15, 0.2) is 5.65 Å². The number of sulfonamides is 1. The monoisotopic (exact) mass is 268 g/mol. The molecule has 2 aromatic rings. The van der Waals surface area contributed by atoms with Gasteiger partial charge in [-0.05, 0) is 18.6 Å². The maximum atomic E-state index is 11.8. The van der Waals surface area contributed by atoms with Gasteiger partial charge in [-0.25, -0.2) is 18.4 Å². The van der Waals surface area contributed by atoms with Crippen molar-refractivity contribution in [2.45, 2.75) is 19.8 Å². The van der Waals surface area contributed by atoms with E-state index in [2.05, 4.69) is 14.7 Å². The van der Waals surface area contributed by atoms with Crippen molar-refractivity contribution >= 4 is 27.1 Å². The SMILES string of the molecule is CCCCS(=O)(=O)Nc1nc2cccnc2n1C. The summed E-state index contributed by atoms with van der Waals surface area (Å²) in [6, 6.07) is 3.57. The molecule has 0 aliphatic rings. The van der Waals surface area contributed by atoms with Gasteiger partial charge in [0, 0.05) is 13.2 Å². The van der Waals surface area contributed by atoms with Gasteiger partial charge in [-0.3, -0.25) is 9.29 Å². The molecule has 0 spiro atoms. The number of anilines is 1. The maximum absolute atomic E-state index is 11.8. The molecule has 18 heavy (non-hydrogen) atoms. The number of pyridine rings is 1. The van der Waals surface area contributed by atoms with Crippen LogP contribution in [0.1, 0.15) is 19.8 Å². The first-order valence-corrected chi connectivity index (χ1v) is 7.46. The van der Waals surface area contributed by atoms with Crippen molar-refractivity contribution in [3.63, 3.8) is 0 Å². The minimum Gasteiger partial charge on any atom is -0.297 e. The van der Waals surface area contributed by atoms with Gasteiger partial charge in [0.1, 0.15) is 5.52 Å². The van der Waals surface area contributed by atoms with Crippen LogP contribution in [0.15, 0.2) is 18.3 Å². The molecule has 0 bridgehead atoms. The Morgan fingerprint density at radius 1 is 1.44 bits per heavy atom. The summed E-state index contributed by atoms with van der Waals surface area (Å²) >= 11 is 0. The lowest BCUT2D eigenvalue weighted by molar-refractivity contribution is 0.597. The fourth-order valence-electron chi connectivity index (χ4n) is 1.64. The van der Waals surface area contributed by atoms with E-state index < -0.39 is 10.0 Å². The molecule has 6 nitrogen and oxygen atoms in total. The van der Waals surface area contributed by atoms with E-state index in [-0.39, 0.29) is 5.75 Å². The topological polar surface area (TPSA) is 76.9 Å². The molecule has 2 aromatic heterocycles. The number of unbranched alkanes of at least 4 members (excludes halogenated alkanes) is 1. The number of hydrogen-bond acceptors (Lipinski definition) is 4. The summed E-state index contributed by atoms with van der Waals surface area (Å²) in [6.45, 7) is 1.95. The molecule has 1 N–H and O–H groups in total. The average Bonchev–Trinajstić information content (AvgIpc) is 2.64. The Morgan fingerprint density at radius 2 is 2.22 bits per heavy atom. The van der Waals surface area contributed by atoms with Crippen LogP contribution < -0.4 is 4.72 Å². The molecule has 0 saturated heterocycles. The second-order valence-electron chi connectivity index (χ2n) is 4.12. The van der Waals surface area contributed by atoms with Crippen LogP contribution in [0.25, 0.3) is 11.2 Å². The minimum absolute atomic E-state index is 0.111. The lowest BCUT2D eigenvalue weighted by Gasteiger charge is -2.06. The first-order chi connectivity index (χ1) is 8.53. The Labute approximate surface area is 106 Å². The van der Waals surface area contributed by atoms with Gasteiger partial charge in [-0.1, -0.05) is 13.3 Å². The van der Waals surface area contributed by atoms with E-state index in [9.17, 15) is 8.42 Å². The zero-order chi connectivity index (χ0) is 13.2. The molecule has 0 saturated carbocycles. The number of nitrogens with zero attached hydrogens (tertiary/aromatic N) is 3. The zero-order valence-corrected chi connectivity index (χ0v) is 11.2. The second-order valence-corrected chi connectivity index (χ2v) is 5.96. The Morgan fingerprint density at radius 3 is 2.89 bits per heavy atom. The lowest BCUT2D eigenvalue weighted by atomic mass is 10.4. The molecule has 0 radical (unpaired) electrons. The highest BCUT2D eigenvalue weighted by molar-refractivity contribution is 7.92. The molecule has 0 aliphatic carbocycles. The van der Waals surface area contributed by atoms with Crippen LogP contribution in [-0.2, 0) is 17.1 Å². The van der Waals surface area contributed by atoms with Crippen LogP contribution in [0.4, 0.5) is 5.95 Å². The first-order valence-electron chi connectivity index (χ1n) is 5.81. The molecule has 0 aliphatic heterocycles. The molecule has 98 valence electrons. The van der Waals surface area contributed by atoms with E-state index in [0.717, 1.165) is 6.42 Å². The standard InChI is InChI=1S/C11H16N4O2S/c1-3-4-8-18(16,17)14-11-13-9-6-5-7-12-10(9)15(11)2/h5-7H,3-4,8H2,1-2H3,(H,13,14). The largest absolute Gasteiger partial charge is 0.297 e. The summed E-state index contributed by atoms with van der Waals surface area (Å²) in [4.78, 5) is 8.37. The Hall–Kier alpha value is -1.63. The van der Waals surface area contributed by atoms with E-state index in [0.29, 0.717) is 23.5 Å². The van der Waals surface area contributed by atoms with Gasteiger partial charge >= 0.3 is 0 Å². The molecule has 0 fully saturated rings. The average molecular weight is 268 g/mol. The van der Waals surface area contributed by atoms with Gasteiger partial charge in [0.2, 0.25) is 16.0 Å². The predicted molar refractivity (Wildman–Crippen MR) is 70.8 cm³/mol. The highest BCUT2D eigenvalue weighted by Crippen LogP contribution is 2.16. The molecule has 2 heterocycles. The van der Waals surface area contributed by atoms with Gasteiger partial charge in [-0.15, -0.1) is 0 Å². The number of nitrogens with one attached hydrogen (secondary N) is 1. The van der Waals surface area contributed by atoms with Gasteiger partial charge < -0.3 is 0 Å². The van der Waals surface area contributed by atoms with Gasteiger partial charge in [0.05, 0.1) is 5.75 Å². The van der Waals surface area contributed by atoms with Crippen LogP contribution >= 0.6 is 0 Å².